The first-order valence-electron chi connectivity index (χ1n) is 6.96. The van der Waals surface area contributed by atoms with Gasteiger partial charge in [0.2, 0.25) is 0 Å². The van der Waals surface area contributed by atoms with Crippen LogP contribution in [0.5, 0.6) is 11.5 Å². The van der Waals surface area contributed by atoms with Crippen molar-refractivity contribution in [3.05, 3.63) is 46.5 Å². The van der Waals surface area contributed by atoms with Gasteiger partial charge in [0.1, 0.15) is 11.5 Å². The largest absolute Gasteiger partial charge is 0.457 e. The average Bonchev–Trinajstić information content (AvgIpc) is 2.83. The normalized spacial score (nSPS) is 16.7. The molecule has 1 aliphatic carbocycles. The van der Waals surface area contributed by atoms with Gasteiger partial charge in [0.15, 0.2) is 0 Å². The minimum absolute atomic E-state index is 0.482. The maximum atomic E-state index is 12.7. The van der Waals surface area contributed by atoms with Crippen molar-refractivity contribution >= 4 is 37.9 Å². The second kappa shape index (κ2) is 6.94. The van der Waals surface area contributed by atoms with Crippen LogP contribution >= 0.6 is 32.6 Å². The third-order valence-electron chi connectivity index (χ3n) is 3.61. The van der Waals surface area contributed by atoms with Crippen molar-refractivity contribution in [3.63, 3.8) is 0 Å². The Bertz CT molecular complexity index is 722. The van der Waals surface area contributed by atoms with Gasteiger partial charge in [-0.05, 0) is 54.0 Å². The van der Waals surface area contributed by atoms with Crippen molar-refractivity contribution in [3.8, 4) is 11.5 Å². The number of ether oxygens (including phenoxy) is 1. The van der Waals surface area contributed by atoms with Gasteiger partial charge in [-0.3, -0.25) is 0 Å². The van der Waals surface area contributed by atoms with Gasteiger partial charge >= 0.3 is 0 Å². The highest BCUT2D eigenvalue weighted by molar-refractivity contribution is 7.99. The maximum Gasteiger partial charge on any atom is 0.288 e. The molecule has 0 heterocycles. The van der Waals surface area contributed by atoms with Crippen LogP contribution in [0, 0.1) is 0 Å². The molecule has 23 heavy (non-hydrogen) atoms. The molecule has 0 spiro atoms. The predicted molar refractivity (Wildman–Crippen MR) is 92.5 cm³/mol. The smallest absolute Gasteiger partial charge is 0.288 e. The number of benzene rings is 2. The molecule has 0 radical (unpaired) electrons. The van der Waals surface area contributed by atoms with E-state index in [-0.39, 0.29) is 0 Å². The van der Waals surface area contributed by atoms with Gasteiger partial charge in [-0.25, -0.2) is 0 Å². The van der Waals surface area contributed by atoms with E-state index in [0.29, 0.717) is 51.6 Å². The van der Waals surface area contributed by atoms with E-state index in [1.54, 1.807) is 30.3 Å². The molecule has 2 unspecified atom stereocenters. The van der Waals surface area contributed by atoms with Crippen LogP contribution in [0.3, 0.4) is 0 Å². The van der Waals surface area contributed by atoms with E-state index >= 15 is 0 Å². The van der Waals surface area contributed by atoms with E-state index in [9.17, 15) is 13.9 Å². The van der Waals surface area contributed by atoms with E-state index in [1.807, 2.05) is 0 Å². The summed E-state index contributed by atoms with van der Waals surface area (Å²) in [6.07, 6.45) is 0.372. The van der Waals surface area contributed by atoms with Crippen LogP contribution in [0.4, 0.5) is 8.78 Å². The summed E-state index contributed by atoms with van der Waals surface area (Å²) in [5.74, 6) is -1.47. The number of hydrogen-bond acceptors (Lipinski definition) is 3. The molecular weight excluding hydrogens is 361 g/mol. The molecule has 0 aliphatic heterocycles. The summed E-state index contributed by atoms with van der Waals surface area (Å²) in [5.41, 5.74) is 1.34. The number of fused-ring (bicyclic) bond motifs is 1. The SMILES string of the molecule is OC1CCc2c(SC(F)F)ccc(Oc3cc(P)cc(Cl)c3)c21. The van der Waals surface area contributed by atoms with Crippen molar-refractivity contribution < 1.29 is 18.6 Å². The molecule has 2 nitrogen and oxygen atoms in total. The zero-order valence-corrected chi connectivity index (χ0v) is 14.7. The Balaban J connectivity index is 1.98. The van der Waals surface area contributed by atoms with E-state index < -0.39 is 11.9 Å². The summed E-state index contributed by atoms with van der Waals surface area (Å²) >= 11 is 6.52. The van der Waals surface area contributed by atoms with Gasteiger partial charge in [0.05, 0.1) is 6.10 Å². The first-order chi connectivity index (χ1) is 10.9. The van der Waals surface area contributed by atoms with Crippen LogP contribution in [0.1, 0.15) is 23.7 Å². The summed E-state index contributed by atoms with van der Waals surface area (Å²) in [7, 11) is 2.54. The molecule has 0 amide bonds. The molecule has 0 bridgehead atoms. The van der Waals surface area contributed by atoms with Gasteiger partial charge in [-0.15, -0.1) is 9.24 Å². The topological polar surface area (TPSA) is 29.5 Å². The summed E-state index contributed by atoms with van der Waals surface area (Å²) in [6.45, 7) is 0. The third kappa shape index (κ3) is 3.80. The molecule has 2 atom stereocenters. The molecular formula is C16H14ClF2O2PS. The number of rotatable bonds is 4. The first-order valence-corrected chi connectivity index (χ1v) is 8.80. The molecule has 0 fully saturated rings. The Kier molecular flexibility index (Phi) is 5.12. The molecule has 0 aromatic heterocycles. The molecule has 122 valence electrons. The predicted octanol–water partition coefficient (Wildman–Crippen LogP) is 4.93. The van der Waals surface area contributed by atoms with Crippen molar-refractivity contribution in [2.45, 2.75) is 29.6 Å². The van der Waals surface area contributed by atoms with Crippen molar-refractivity contribution in [2.75, 3.05) is 0 Å². The lowest BCUT2D eigenvalue weighted by molar-refractivity contribution is 0.177. The van der Waals surface area contributed by atoms with Crippen LogP contribution < -0.4 is 10.0 Å². The van der Waals surface area contributed by atoms with Gasteiger partial charge in [0.25, 0.3) is 5.76 Å². The maximum absolute atomic E-state index is 12.7. The fourth-order valence-corrected chi connectivity index (χ4v) is 4.11. The Morgan fingerprint density at radius 3 is 2.78 bits per heavy atom. The zero-order valence-electron chi connectivity index (χ0n) is 11.9. The Morgan fingerprint density at radius 1 is 1.30 bits per heavy atom. The van der Waals surface area contributed by atoms with Crippen LogP contribution in [0.15, 0.2) is 35.2 Å². The highest BCUT2D eigenvalue weighted by Gasteiger charge is 2.28. The Hall–Kier alpha value is -0.870. The van der Waals surface area contributed by atoms with Crippen molar-refractivity contribution in [2.24, 2.45) is 0 Å². The highest BCUT2D eigenvalue weighted by atomic mass is 35.5. The summed E-state index contributed by atoms with van der Waals surface area (Å²) < 4.78 is 31.2. The molecule has 7 heteroatoms. The van der Waals surface area contributed by atoms with Crippen LogP contribution in [0.25, 0.3) is 0 Å². The molecule has 2 aromatic carbocycles. The molecule has 3 rings (SSSR count). The van der Waals surface area contributed by atoms with Crippen LogP contribution in [0.2, 0.25) is 5.02 Å². The Labute approximate surface area is 144 Å². The number of hydrogen-bond donors (Lipinski definition) is 1. The first kappa shape index (κ1) is 17.0. The van der Waals surface area contributed by atoms with Gasteiger partial charge in [-0.2, -0.15) is 8.78 Å². The van der Waals surface area contributed by atoms with Gasteiger partial charge < -0.3 is 9.84 Å². The second-order valence-electron chi connectivity index (χ2n) is 5.21. The van der Waals surface area contributed by atoms with Gasteiger partial charge in [0, 0.05) is 15.5 Å². The lowest BCUT2D eigenvalue weighted by atomic mass is 10.1. The summed E-state index contributed by atoms with van der Waals surface area (Å²) in [4.78, 5) is 0.497. The standard InChI is InChI=1S/C16H14ClF2O2PS/c17-8-5-9(7-10(22)6-8)21-13-3-4-14(23-16(18)19)11-1-2-12(20)15(11)13/h3-7,12,16,20H,1-2,22H2. The van der Waals surface area contributed by atoms with Crippen molar-refractivity contribution in [1.82, 2.24) is 0 Å². The minimum Gasteiger partial charge on any atom is -0.457 e. The van der Waals surface area contributed by atoms with E-state index in [4.69, 9.17) is 16.3 Å². The number of alkyl halides is 2. The number of halogens is 3. The lowest BCUT2D eigenvalue weighted by Gasteiger charge is -2.16. The van der Waals surface area contributed by atoms with Crippen LogP contribution in [-0.2, 0) is 6.42 Å². The number of thioether (sulfide) groups is 1. The molecule has 0 saturated heterocycles. The lowest BCUT2D eigenvalue weighted by Crippen LogP contribution is -1.99. The quantitative estimate of drug-likeness (QED) is 0.608. The van der Waals surface area contributed by atoms with Crippen LogP contribution in [-0.4, -0.2) is 10.9 Å². The molecule has 2 aromatic rings. The third-order valence-corrected chi connectivity index (χ3v) is 4.98. The van der Waals surface area contributed by atoms with E-state index in [2.05, 4.69) is 9.24 Å². The molecule has 0 saturated carbocycles. The fourth-order valence-electron chi connectivity index (χ4n) is 2.74. The number of aliphatic hydroxyl groups is 1. The summed E-state index contributed by atoms with van der Waals surface area (Å²) in [6, 6.07) is 8.49. The molecule has 1 N–H and O–H groups in total. The molecule has 1 aliphatic rings. The second-order valence-corrected chi connectivity index (χ2v) is 7.34. The monoisotopic (exact) mass is 374 g/mol. The number of aliphatic hydroxyl groups excluding tert-OH is 1. The highest BCUT2D eigenvalue weighted by Crippen LogP contribution is 2.45. The van der Waals surface area contributed by atoms with E-state index in [1.165, 1.54) is 0 Å². The fraction of sp³-hybridized carbons (Fsp3) is 0.250. The zero-order chi connectivity index (χ0) is 16.6. The minimum atomic E-state index is -2.49. The average molecular weight is 375 g/mol. The van der Waals surface area contributed by atoms with Gasteiger partial charge in [-0.1, -0.05) is 23.4 Å². The van der Waals surface area contributed by atoms with Crippen molar-refractivity contribution in [1.29, 1.82) is 0 Å². The van der Waals surface area contributed by atoms with E-state index in [0.717, 1.165) is 10.9 Å². The Morgan fingerprint density at radius 2 is 2.09 bits per heavy atom. The summed E-state index contributed by atoms with van der Waals surface area (Å²) in [5, 5.41) is 11.6.